The predicted octanol–water partition coefficient (Wildman–Crippen LogP) is 0.725. The average molecular weight is 323 g/mol. The fourth-order valence-electron chi connectivity index (χ4n) is 2.69. The van der Waals surface area contributed by atoms with Gasteiger partial charge in [-0.05, 0) is 50.2 Å². The smallest absolute Gasteiger partial charge is 0.253 e. The van der Waals surface area contributed by atoms with Gasteiger partial charge in [-0.25, -0.2) is 8.42 Å². The predicted molar refractivity (Wildman–Crippen MR) is 85.8 cm³/mol. The first-order valence-electron chi connectivity index (χ1n) is 6.83. The first-order valence-corrected chi connectivity index (χ1v) is 8.72. The maximum Gasteiger partial charge on any atom is 0.253 e. The Kier molecular flexibility index (Phi) is 4.39. The molecule has 0 bridgehead atoms. The van der Waals surface area contributed by atoms with Crippen molar-refractivity contribution in [2.45, 2.75) is 30.7 Å². The second kappa shape index (κ2) is 5.81. The van der Waals surface area contributed by atoms with Gasteiger partial charge in [0.25, 0.3) is 5.91 Å². The summed E-state index contributed by atoms with van der Waals surface area (Å²) in [7, 11) is -3.22. The molecule has 1 amide bonds. The number of nitrogens with zero attached hydrogens (tertiary/aromatic N) is 1. The molecule has 6 nitrogen and oxygen atoms in total. The Bertz CT molecular complexity index is 702. The number of carbonyl (C=O) groups is 1. The van der Waals surface area contributed by atoms with Crippen LogP contribution in [0.1, 0.15) is 25.8 Å². The fraction of sp³-hybridized carbons (Fsp3) is 0.467. The van der Waals surface area contributed by atoms with Crippen molar-refractivity contribution in [3.63, 3.8) is 0 Å². The summed E-state index contributed by atoms with van der Waals surface area (Å²) in [6, 6.07) is 6.42. The summed E-state index contributed by atoms with van der Waals surface area (Å²) in [5.74, 6) is 0.466. The first kappa shape index (κ1) is 16.6. The topological polar surface area (TPSA) is 87.6 Å². The molecule has 1 aromatic carbocycles. The number of sulfone groups is 1. The largest absolute Gasteiger partial charge is 0.317 e. The van der Waals surface area contributed by atoms with E-state index >= 15 is 0 Å². The highest BCUT2D eigenvalue weighted by Gasteiger charge is 2.44. The zero-order valence-corrected chi connectivity index (χ0v) is 12.5. The van der Waals surface area contributed by atoms with E-state index in [4.69, 9.17) is 0 Å². The third-order valence-electron chi connectivity index (χ3n) is 3.97. The molecule has 0 saturated carbocycles. The van der Waals surface area contributed by atoms with Crippen LogP contribution in [-0.4, -0.2) is 45.0 Å². The van der Waals surface area contributed by atoms with Crippen molar-refractivity contribution >= 4 is 21.6 Å². The summed E-state index contributed by atoms with van der Waals surface area (Å²) >= 11 is 0. The molecule has 1 fully saturated rings. The molecule has 7 heteroatoms. The zero-order chi connectivity index (χ0) is 15.1. The number of hydrogen-bond donors (Lipinski definition) is 2. The molecular formula is C15H21N3O3S. The molecule has 0 atom stereocenters. The highest BCUT2D eigenvalue weighted by atomic mass is 32.2. The van der Waals surface area contributed by atoms with Gasteiger partial charge in [0, 0.05) is 11.8 Å². The van der Waals surface area contributed by atoms with Crippen LogP contribution < -0.4 is 10.6 Å². The van der Waals surface area contributed by atoms with Crippen LogP contribution in [0.5, 0.6) is 0 Å². The number of amides is 1. The quantitative estimate of drug-likeness (QED) is 0.840. The Labute approximate surface area is 130 Å². The first-order chi connectivity index (χ1) is 9.91. The molecule has 2 aliphatic heterocycles. The van der Waals surface area contributed by atoms with Gasteiger partial charge in [0.05, 0.1) is 4.90 Å². The number of amidine groups is 1. The zero-order valence-electron chi connectivity index (χ0n) is 11.7. The molecule has 0 aromatic heterocycles. The Balaban J connectivity index is 0.00000176. The summed E-state index contributed by atoms with van der Waals surface area (Å²) in [5.41, 5.74) is 0.0713. The Hall–Kier alpha value is -1.73. The molecule has 2 N–H and O–H groups in total. The van der Waals surface area contributed by atoms with Crippen molar-refractivity contribution < 1.29 is 13.2 Å². The van der Waals surface area contributed by atoms with E-state index in [0.29, 0.717) is 18.7 Å². The number of rotatable bonds is 2. The Morgan fingerprint density at radius 2 is 1.73 bits per heavy atom. The number of piperidine rings is 1. The van der Waals surface area contributed by atoms with Gasteiger partial charge in [0.1, 0.15) is 11.4 Å². The minimum atomic E-state index is -3.22. The minimum Gasteiger partial charge on any atom is -0.317 e. The highest BCUT2D eigenvalue weighted by Crippen LogP contribution is 2.28. The van der Waals surface area contributed by atoms with Gasteiger partial charge < -0.3 is 10.6 Å². The monoisotopic (exact) mass is 323 g/mol. The number of carbonyl (C=O) groups excluding carboxylic acids is 1. The molecular weight excluding hydrogens is 302 g/mol. The van der Waals surface area contributed by atoms with Crippen LogP contribution >= 0.6 is 0 Å². The van der Waals surface area contributed by atoms with Crippen LogP contribution in [0, 0.1) is 0 Å². The summed E-state index contributed by atoms with van der Waals surface area (Å²) in [5, 5.41) is 6.04. The van der Waals surface area contributed by atoms with Crippen molar-refractivity contribution in [1.29, 1.82) is 0 Å². The minimum absolute atomic E-state index is 0. The normalized spacial score (nSPS) is 20.2. The van der Waals surface area contributed by atoms with E-state index in [1.54, 1.807) is 12.1 Å². The second-order valence-electron chi connectivity index (χ2n) is 5.49. The summed E-state index contributed by atoms with van der Waals surface area (Å²) in [6.45, 7) is 1.55. The summed E-state index contributed by atoms with van der Waals surface area (Å²) in [6.07, 6.45) is 2.54. The van der Waals surface area contributed by atoms with Crippen molar-refractivity contribution in [2.24, 2.45) is 4.99 Å². The van der Waals surface area contributed by atoms with Gasteiger partial charge in [0.2, 0.25) is 0 Å². The average Bonchev–Trinajstić information content (AvgIpc) is 2.76. The van der Waals surface area contributed by atoms with E-state index in [0.717, 1.165) is 18.7 Å². The molecule has 22 heavy (non-hydrogen) atoms. The SMILES string of the molecule is C.CS(=O)(=O)c1ccc(C2=NC3(CCNCC3)C(=O)N2)cc1. The number of nitrogens with one attached hydrogen (secondary N) is 2. The Morgan fingerprint density at radius 3 is 2.27 bits per heavy atom. The molecule has 3 rings (SSSR count). The van der Waals surface area contributed by atoms with Crippen LogP contribution in [0.15, 0.2) is 34.2 Å². The lowest BCUT2D eigenvalue weighted by molar-refractivity contribution is -0.124. The van der Waals surface area contributed by atoms with E-state index in [2.05, 4.69) is 15.6 Å². The standard InChI is InChI=1S/C14H17N3O3S.CH4/c1-21(19,20)11-4-2-10(3-5-11)12-16-13(18)14(17-12)6-8-15-9-7-14;/h2-5,15H,6-9H2,1H3,(H,16,17,18);1H4. The summed E-state index contributed by atoms with van der Waals surface area (Å²) in [4.78, 5) is 17.1. The lowest BCUT2D eigenvalue weighted by Gasteiger charge is -2.28. The molecule has 2 heterocycles. The van der Waals surface area contributed by atoms with Gasteiger partial charge in [-0.3, -0.25) is 9.79 Å². The molecule has 1 spiro atoms. The molecule has 120 valence electrons. The van der Waals surface area contributed by atoms with Crippen LogP contribution in [0.3, 0.4) is 0 Å². The van der Waals surface area contributed by atoms with E-state index in [-0.39, 0.29) is 18.2 Å². The van der Waals surface area contributed by atoms with Crippen LogP contribution in [-0.2, 0) is 14.6 Å². The lowest BCUT2D eigenvalue weighted by atomic mass is 9.89. The molecule has 0 radical (unpaired) electrons. The van der Waals surface area contributed by atoms with Crippen molar-refractivity contribution in [2.75, 3.05) is 19.3 Å². The maximum absolute atomic E-state index is 12.2. The fourth-order valence-corrected chi connectivity index (χ4v) is 3.32. The van der Waals surface area contributed by atoms with Gasteiger partial charge in [-0.2, -0.15) is 0 Å². The van der Waals surface area contributed by atoms with E-state index < -0.39 is 15.4 Å². The summed E-state index contributed by atoms with van der Waals surface area (Å²) < 4.78 is 22.9. The molecule has 1 saturated heterocycles. The molecule has 0 aliphatic carbocycles. The van der Waals surface area contributed by atoms with E-state index in [1.807, 2.05) is 0 Å². The highest BCUT2D eigenvalue weighted by molar-refractivity contribution is 7.90. The Morgan fingerprint density at radius 1 is 1.14 bits per heavy atom. The van der Waals surface area contributed by atoms with Crippen LogP contribution in [0.25, 0.3) is 0 Å². The van der Waals surface area contributed by atoms with E-state index in [9.17, 15) is 13.2 Å². The van der Waals surface area contributed by atoms with Gasteiger partial charge in [-0.15, -0.1) is 0 Å². The molecule has 2 aliphatic rings. The van der Waals surface area contributed by atoms with Crippen molar-refractivity contribution in [3.8, 4) is 0 Å². The van der Waals surface area contributed by atoms with Crippen LogP contribution in [0.2, 0.25) is 0 Å². The van der Waals surface area contributed by atoms with Crippen molar-refractivity contribution in [1.82, 2.24) is 10.6 Å². The number of aliphatic imine (C=N–C) groups is 1. The second-order valence-corrected chi connectivity index (χ2v) is 7.51. The number of hydrogen-bond acceptors (Lipinski definition) is 5. The molecule has 0 unspecified atom stereocenters. The lowest BCUT2D eigenvalue weighted by Crippen LogP contribution is -2.47. The third-order valence-corrected chi connectivity index (χ3v) is 5.10. The van der Waals surface area contributed by atoms with Gasteiger partial charge in [0.15, 0.2) is 9.84 Å². The van der Waals surface area contributed by atoms with Gasteiger partial charge in [-0.1, -0.05) is 7.43 Å². The van der Waals surface area contributed by atoms with E-state index in [1.165, 1.54) is 18.4 Å². The third kappa shape index (κ3) is 2.91. The maximum atomic E-state index is 12.2. The van der Waals surface area contributed by atoms with Crippen LogP contribution in [0.4, 0.5) is 0 Å². The van der Waals surface area contributed by atoms with Gasteiger partial charge >= 0.3 is 0 Å². The van der Waals surface area contributed by atoms with Crippen molar-refractivity contribution in [3.05, 3.63) is 29.8 Å². The molecule has 1 aromatic rings. The number of benzene rings is 1.